The van der Waals surface area contributed by atoms with Gasteiger partial charge >= 0.3 is 18.2 Å². The number of nitriles is 1. The minimum Gasteiger partial charge on any atom is -0.468 e. The molecule has 2 aliphatic heterocycles. The zero-order chi connectivity index (χ0) is 27.1. The van der Waals surface area contributed by atoms with Gasteiger partial charge in [0.15, 0.2) is 0 Å². The van der Waals surface area contributed by atoms with Crippen molar-refractivity contribution < 1.29 is 32.3 Å². The number of benzene rings is 2. The molecule has 2 aromatic carbocycles. The number of ether oxygens (including phenoxy) is 1. The van der Waals surface area contributed by atoms with Crippen molar-refractivity contribution in [2.75, 3.05) is 18.6 Å². The Balaban J connectivity index is 1.98. The monoisotopic (exact) mass is 512 g/mol. The van der Waals surface area contributed by atoms with Crippen LogP contribution in [0.15, 0.2) is 59.8 Å². The van der Waals surface area contributed by atoms with Crippen LogP contribution in [0, 0.1) is 11.3 Å². The molecule has 192 valence electrons. The number of carbonyl (C=O) groups is 3. The molecule has 8 nitrogen and oxygen atoms in total. The number of hydrogen-bond acceptors (Lipinski definition) is 5. The maximum atomic E-state index is 14.0. The summed E-state index contributed by atoms with van der Waals surface area (Å²) < 4.78 is 45.3. The summed E-state index contributed by atoms with van der Waals surface area (Å²) in [5, 5.41) is 12.1. The van der Waals surface area contributed by atoms with Crippen LogP contribution in [0.2, 0.25) is 0 Å². The quantitative estimate of drug-likeness (QED) is 0.616. The average molecular weight is 512 g/mol. The SMILES string of the molecule is COC(=O)CN1C(=O)N(c2cccc(C(F)(F)F)c2)C2=C(C(=O)NC(C)(C)C2)C1c1ccc(C#N)cc1. The standard InChI is InChI=1S/C26H23F3N4O4/c1-25(2)12-19-21(23(35)31-25)22(16-9-7-15(13-30)8-10-16)32(14-20(34)37-3)24(36)33(19)18-6-4-5-17(11-18)26(27,28)29/h4-11,22H,12,14H2,1-3H3,(H,31,35). The molecule has 4 rings (SSSR count). The van der Waals surface area contributed by atoms with Crippen LogP contribution < -0.4 is 10.2 Å². The molecule has 0 fully saturated rings. The van der Waals surface area contributed by atoms with Gasteiger partial charge in [-0.05, 0) is 49.7 Å². The van der Waals surface area contributed by atoms with Crippen LogP contribution in [0.25, 0.3) is 0 Å². The Bertz CT molecular complexity index is 1340. The van der Waals surface area contributed by atoms with E-state index in [1.165, 1.54) is 24.3 Å². The van der Waals surface area contributed by atoms with E-state index in [1.54, 1.807) is 26.0 Å². The third-order valence-electron chi connectivity index (χ3n) is 6.22. The highest BCUT2D eigenvalue weighted by atomic mass is 19.4. The van der Waals surface area contributed by atoms with E-state index in [0.717, 1.165) is 29.0 Å². The van der Waals surface area contributed by atoms with Crippen LogP contribution in [0.1, 0.15) is 43.0 Å². The summed E-state index contributed by atoms with van der Waals surface area (Å²) in [5.41, 5.74) is -0.727. The molecule has 0 bridgehead atoms. The maximum Gasteiger partial charge on any atom is 0.416 e. The number of anilines is 1. The summed E-state index contributed by atoms with van der Waals surface area (Å²) in [4.78, 5) is 41.9. The summed E-state index contributed by atoms with van der Waals surface area (Å²) in [5.74, 6) is -1.31. The van der Waals surface area contributed by atoms with E-state index in [2.05, 4.69) is 5.32 Å². The van der Waals surface area contributed by atoms with Crippen LogP contribution in [0.4, 0.5) is 23.7 Å². The lowest BCUT2D eigenvalue weighted by Gasteiger charge is -2.47. The van der Waals surface area contributed by atoms with Crippen molar-refractivity contribution in [3.8, 4) is 6.07 Å². The number of urea groups is 1. The lowest BCUT2D eigenvalue weighted by atomic mass is 9.83. The smallest absolute Gasteiger partial charge is 0.416 e. The molecule has 0 saturated heterocycles. The van der Waals surface area contributed by atoms with Crippen molar-refractivity contribution in [2.24, 2.45) is 0 Å². The van der Waals surface area contributed by atoms with Gasteiger partial charge in [-0.15, -0.1) is 0 Å². The summed E-state index contributed by atoms with van der Waals surface area (Å²) >= 11 is 0. The predicted octanol–water partition coefficient (Wildman–Crippen LogP) is 4.29. The van der Waals surface area contributed by atoms with Crippen molar-refractivity contribution >= 4 is 23.6 Å². The van der Waals surface area contributed by atoms with Gasteiger partial charge in [0.05, 0.1) is 41.6 Å². The summed E-state index contributed by atoms with van der Waals surface area (Å²) in [7, 11) is 1.14. The van der Waals surface area contributed by atoms with E-state index >= 15 is 0 Å². The van der Waals surface area contributed by atoms with Gasteiger partial charge in [0.25, 0.3) is 5.91 Å². The normalized spacial score (nSPS) is 19.2. The largest absolute Gasteiger partial charge is 0.468 e. The number of carbonyl (C=O) groups excluding carboxylic acids is 3. The molecule has 1 N–H and O–H groups in total. The lowest BCUT2D eigenvalue weighted by Crippen LogP contribution is -2.59. The van der Waals surface area contributed by atoms with Crippen molar-refractivity contribution in [2.45, 2.75) is 38.0 Å². The molecule has 0 aromatic heterocycles. The van der Waals surface area contributed by atoms with E-state index in [-0.39, 0.29) is 23.4 Å². The van der Waals surface area contributed by atoms with Gasteiger partial charge in [-0.2, -0.15) is 18.4 Å². The van der Waals surface area contributed by atoms with Crippen LogP contribution in [0.3, 0.4) is 0 Å². The van der Waals surface area contributed by atoms with Crippen LogP contribution in [-0.4, -0.2) is 42.0 Å². The summed E-state index contributed by atoms with van der Waals surface area (Å²) in [6, 6.07) is 10.6. The summed E-state index contributed by atoms with van der Waals surface area (Å²) in [6.07, 6.45) is -4.53. The lowest BCUT2D eigenvalue weighted by molar-refractivity contribution is -0.142. The van der Waals surface area contributed by atoms with Gasteiger partial charge in [-0.1, -0.05) is 18.2 Å². The number of methoxy groups -OCH3 is 1. The molecule has 0 saturated carbocycles. The Labute approximate surface area is 210 Å². The third kappa shape index (κ3) is 4.87. The topological polar surface area (TPSA) is 103 Å². The van der Waals surface area contributed by atoms with Gasteiger partial charge in [0, 0.05) is 17.7 Å². The van der Waals surface area contributed by atoms with Crippen molar-refractivity contribution in [3.05, 3.63) is 76.5 Å². The molecule has 0 radical (unpaired) electrons. The van der Waals surface area contributed by atoms with E-state index in [4.69, 9.17) is 4.74 Å². The molecule has 3 amide bonds. The molecule has 2 aromatic rings. The minimum atomic E-state index is -4.66. The fourth-order valence-electron chi connectivity index (χ4n) is 4.59. The number of nitrogens with zero attached hydrogens (tertiary/aromatic N) is 3. The Hall–Kier alpha value is -4.33. The van der Waals surface area contributed by atoms with Gasteiger partial charge in [0.2, 0.25) is 0 Å². The fourth-order valence-corrected chi connectivity index (χ4v) is 4.59. The zero-order valence-corrected chi connectivity index (χ0v) is 20.2. The molecule has 11 heteroatoms. The first-order chi connectivity index (χ1) is 17.4. The Morgan fingerprint density at radius 1 is 1.19 bits per heavy atom. The van der Waals surface area contributed by atoms with E-state index in [0.29, 0.717) is 11.1 Å². The van der Waals surface area contributed by atoms with Crippen molar-refractivity contribution in [1.82, 2.24) is 10.2 Å². The van der Waals surface area contributed by atoms with E-state index in [1.807, 2.05) is 6.07 Å². The van der Waals surface area contributed by atoms with Crippen molar-refractivity contribution in [1.29, 1.82) is 5.26 Å². The summed E-state index contributed by atoms with van der Waals surface area (Å²) in [6.45, 7) is 2.91. The number of alkyl halides is 3. The first kappa shape index (κ1) is 25.8. The van der Waals surface area contributed by atoms with Crippen LogP contribution >= 0.6 is 0 Å². The number of rotatable bonds is 4. The highest BCUT2D eigenvalue weighted by Gasteiger charge is 2.48. The van der Waals surface area contributed by atoms with Crippen molar-refractivity contribution in [3.63, 3.8) is 0 Å². The van der Waals surface area contributed by atoms with E-state index < -0.39 is 47.8 Å². The molecular formula is C26H23F3N4O4. The van der Waals surface area contributed by atoms with Gasteiger partial charge in [0.1, 0.15) is 6.54 Å². The van der Waals surface area contributed by atoms with Gasteiger partial charge in [-0.3, -0.25) is 14.5 Å². The number of halogens is 3. The first-order valence-corrected chi connectivity index (χ1v) is 11.3. The average Bonchev–Trinajstić information content (AvgIpc) is 2.83. The fraction of sp³-hybridized carbons (Fsp3) is 0.308. The number of esters is 1. The number of amides is 3. The molecule has 1 atom stereocenters. The molecule has 2 heterocycles. The second kappa shape index (κ2) is 9.28. The number of hydrogen-bond donors (Lipinski definition) is 1. The highest BCUT2D eigenvalue weighted by molar-refractivity contribution is 6.07. The minimum absolute atomic E-state index is 0.0917. The zero-order valence-electron chi connectivity index (χ0n) is 20.2. The third-order valence-corrected chi connectivity index (χ3v) is 6.22. The Kier molecular flexibility index (Phi) is 6.46. The Morgan fingerprint density at radius 2 is 1.86 bits per heavy atom. The van der Waals surface area contributed by atoms with Crippen LogP contribution in [-0.2, 0) is 20.5 Å². The molecular weight excluding hydrogens is 489 g/mol. The molecule has 0 spiro atoms. The van der Waals surface area contributed by atoms with Gasteiger partial charge < -0.3 is 15.0 Å². The van der Waals surface area contributed by atoms with Crippen LogP contribution in [0.5, 0.6) is 0 Å². The first-order valence-electron chi connectivity index (χ1n) is 11.3. The molecule has 0 aliphatic carbocycles. The molecule has 37 heavy (non-hydrogen) atoms. The number of nitrogens with one attached hydrogen (secondary N) is 1. The second-order valence-corrected chi connectivity index (χ2v) is 9.38. The molecule has 1 unspecified atom stereocenters. The Morgan fingerprint density at radius 3 is 2.46 bits per heavy atom. The van der Waals surface area contributed by atoms with E-state index in [9.17, 15) is 32.8 Å². The maximum absolute atomic E-state index is 14.0. The highest BCUT2D eigenvalue weighted by Crippen LogP contribution is 2.44. The second-order valence-electron chi connectivity index (χ2n) is 9.38. The molecule has 2 aliphatic rings. The van der Waals surface area contributed by atoms with Gasteiger partial charge in [-0.25, -0.2) is 4.79 Å². The predicted molar refractivity (Wildman–Crippen MR) is 126 cm³/mol.